The van der Waals surface area contributed by atoms with Gasteiger partial charge in [-0.3, -0.25) is 0 Å². The molecule has 0 unspecified atom stereocenters. The summed E-state index contributed by atoms with van der Waals surface area (Å²) < 4.78 is 62.3. The van der Waals surface area contributed by atoms with Crippen LogP contribution in [-0.4, -0.2) is 14.2 Å². The van der Waals surface area contributed by atoms with Crippen LogP contribution in [0, 0.1) is 0 Å². The first-order chi connectivity index (χ1) is 9.15. The normalized spacial score (nSPS) is 12.6. The summed E-state index contributed by atoms with van der Waals surface area (Å²) >= 11 is 0. The zero-order valence-corrected chi connectivity index (χ0v) is 12.0. The van der Waals surface area contributed by atoms with Crippen molar-refractivity contribution in [3.8, 4) is 0 Å². The number of nitrogens with two attached hydrogens (primary N) is 1. The Kier molecular flexibility index (Phi) is 5.44. The third-order valence-electron chi connectivity index (χ3n) is 2.87. The van der Waals surface area contributed by atoms with Gasteiger partial charge in [-0.25, -0.2) is 8.42 Å². The summed E-state index contributed by atoms with van der Waals surface area (Å²) in [6.45, 7) is 1.92. The van der Waals surface area contributed by atoms with Gasteiger partial charge in [-0.1, -0.05) is 25.8 Å². The molecule has 114 valence electrons. The lowest BCUT2D eigenvalue weighted by atomic mass is 10.1. The topological polar surface area (TPSA) is 60.2 Å². The summed E-state index contributed by atoms with van der Waals surface area (Å²) in [5, 5.41) is 0. The van der Waals surface area contributed by atoms with Crippen LogP contribution >= 0.6 is 0 Å². The van der Waals surface area contributed by atoms with Gasteiger partial charge < -0.3 is 5.73 Å². The Balaban J connectivity index is 2.98. The van der Waals surface area contributed by atoms with E-state index < -0.39 is 27.3 Å². The SMILES string of the molecule is CCCCCS(=O)(=O)Cc1ccc(N)cc1C(F)(F)F. The van der Waals surface area contributed by atoms with Crippen LogP contribution in [0.4, 0.5) is 18.9 Å². The van der Waals surface area contributed by atoms with Crippen LogP contribution in [0.1, 0.15) is 37.3 Å². The molecule has 0 aliphatic heterocycles. The molecule has 0 bridgehead atoms. The van der Waals surface area contributed by atoms with Crippen LogP contribution in [0.25, 0.3) is 0 Å². The van der Waals surface area contributed by atoms with Crippen molar-refractivity contribution in [3.05, 3.63) is 29.3 Å². The number of hydrogen-bond acceptors (Lipinski definition) is 3. The smallest absolute Gasteiger partial charge is 0.399 e. The fraction of sp³-hybridized carbons (Fsp3) is 0.538. The molecule has 0 amide bonds. The standard InChI is InChI=1S/C13H18F3NO2S/c1-2-3-4-7-20(18,19)9-10-5-6-11(17)8-12(10)13(14,15)16/h5-6,8H,2-4,7,9,17H2,1H3. The van der Waals surface area contributed by atoms with E-state index in [1.807, 2.05) is 6.92 Å². The number of anilines is 1. The van der Waals surface area contributed by atoms with Gasteiger partial charge >= 0.3 is 6.18 Å². The third kappa shape index (κ3) is 5.03. The summed E-state index contributed by atoms with van der Waals surface area (Å²) in [4.78, 5) is 0. The molecule has 1 aromatic rings. The molecule has 0 saturated carbocycles. The van der Waals surface area contributed by atoms with E-state index in [1.54, 1.807) is 0 Å². The monoisotopic (exact) mass is 309 g/mol. The van der Waals surface area contributed by atoms with Gasteiger partial charge in [0.1, 0.15) is 0 Å². The van der Waals surface area contributed by atoms with Gasteiger partial charge in [0, 0.05) is 5.69 Å². The van der Waals surface area contributed by atoms with Crippen molar-refractivity contribution < 1.29 is 21.6 Å². The summed E-state index contributed by atoms with van der Waals surface area (Å²) in [7, 11) is -3.54. The van der Waals surface area contributed by atoms with Crippen LogP contribution in [0.2, 0.25) is 0 Å². The molecule has 1 rings (SSSR count). The molecular formula is C13H18F3NO2S. The molecule has 0 aliphatic rings. The number of unbranched alkanes of at least 4 members (excludes halogenated alkanes) is 2. The Hall–Kier alpha value is -1.24. The number of halogens is 3. The Morgan fingerprint density at radius 2 is 1.85 bits per heavy atom. The first-order valence-corrected chi connectivity index (χ1v) is 8.14. The van der Waals surface area contributed by atoms with Crippen molar-refractivity contribution in [1.29, 1.82) is 0 Å². The number of benzene rings is 1. The lowest BCUT2D eigenvalue weighted by molar-refractivity contribution is -0.138. The second kappa shape index (κ2) is 6.47. The number of sulfone groups is 1. The van der Waals surface area contributed by atoms with Crippen molar-refractivity contribution in [2.24, 2.45) is 0 Å². The summed E-state index contributed by atoms with van der Waals surface area (Å²) in [6.07, 6.45) is -2.54. The van der Waals surface area contributed by atoms with E-state index in [0.717, 1.165) is 25.0 Å². The van der Waals surface area contributed by atoms with Crippen LogP contribution in [0.5, 0.6) is 0 Å². The minimum atomic E-state index is -4.61. The van der Waals surface area contributed by atoms with Crippen LogP contribution in [0.15, 0.2) is 18.2 Å². The number of hydrogen-bond donors (Lipinski definition) is 1. The zero-order valence-electron chi connectivity index (χ0n) is 11.2. The molecular weight excluding hydrogens is 291 g/mol. The zero-order chi connectivity index (χ0) is 15.4. The fourth-order valence-electron chi connectivity index (χ4n) is 1.86. The molecule has 0 atom stereocenters. The number of alkyl halides is 3. The largest absolute Gasteiger partial charge is 0.416 e. The van der Waals surface area contributed by atoms with E-state index in [4.69, 9.17) is 5.73 Å². The van der Waals surface area contributed by atoms with Crippen molar-refractivity contribution >= 4 is 15.5 Å². The second-order valence-corrected chi connectivity index (χ2v) is 6.90. The first-order valence-electron chi connectivity index (χ1n) is 6.31. The number of rotatable bonds is 6. The molecule has 0 aromatic heterocycles. The van der Waals surface area contributed by atoms with Gasteiger partial charge in [0.2, 0.25) is 0 Å². The lowest BCUT2D eigenvalue weighted by Gasteiger charge is -2.13. The van der Waals surface area contributed by atoms with Crippen LogP contribution < -0.4 is 5.73 Å². The van der Waals surface area contributed by atoms with Crippen molar-refractivity contribution in [3.63, 3.8) is 0 Å². The van der Waals surface area contributed by atoms with E-state index in [-0.39, 0.29) is 17.0 Å². The van der Waals surface area contributed by atoms with E-state index in [2.05, 4.69) is 0 Å². The van der Waals surface area contributed by atoms with Gasteiger partial charge in [0.05, 0.1) is 17.1 Å². The Morgan fingerprint density at radius 3 is 2.40 bits per heavy atom. The minimum Gasteiger partial charge on any atom is -0.399 e. The molecule has 2 N–H and O–H groups in total. The van der Waals surface area contributed by atoms with Crippen molar-refractivity contribution in [2.45, 2.75) is 38.1 Å². The quantitative estimate of drug-likeness (QED) is 0.647. The van der Waals surface area contributed by atoms with E-state index in [9.17, 15) is 21.6 Å². The van der Waals surface area contributed by atoms with Gasteiger partial charge in [0.15, 0.2) is 9.84 Å². The Labute approximate surface area is 116 Å². The van der Waals surface area contributed by atoms with Gasteiger partial charge in [-0.05, 0) is 24.1 Å². The summed E-state index contributed by atoms with van der Waals surface area (Å²) in [5.41, 5.74) is 4.08. The third-order valence-corrected chi connectivity index (χ3v) is 4.54. The molecule has 0 aliphatic carbocycles. The lowest BCUT2D eigenvalue weighted by Crippen LogP contribution is -2.15. The van der Waals surface area contributed by atoms with Crippen LogP contribution in [0.3, 0.4) is 0 Å². The highest BCUT2D eigenvalue weighted by Crippen LogP contribution is 2.34. The van der Waals surface area contributed by atoms with E-state index in [1.165, 1.54) is 6.07 Å². The minimum absolute atomic E-state index is 0.0375. The molecule has 20 heavy (non-hydrogen) atoms. The molecule has 0 spiro atoms. The van der Waals surface area contributed by atoms with Gasteiger partial charge in [-0.2, -0.15) is 13.2 Å². The maximum absolute atomic E-state index is 12.9. The van der Waals surface area contributed by atoms with E-state index >= 15 is 0 Å². The summed E-state index contributed by atoms with van der Waals surface area (Å²) in [5.74, 6) is -0.700. The Bertz CT molecular complexity index is 553. The molecule has 0 heterocycles. The predicted molar refractivity (Wildman–Crippen MR) is 72.9 cm³/mol. The van der Waals surface area contributed by atoms with Crippen molar-refractivity contribution in [2.75, 3.05) is 11.5 Å². The molecule has 1 aromatic carbocycles. The Morgan fingerprint density at radius 1 is 1.20 bits per heavy atom. The highest BCUT2D eigenvalue weighted by atomic mass is 32.2. The van der Waals surface area contributed by atoms with E-state index in [0.29, 0.717) is 6.42 Å². The first kappa shape index (κ1) is 16.8. The highest BCUT2D eigenvalue weighted by molar-refractivity contribution is 7.90. The van der Waals surface area contributed by atoms with Gasteiger partial charge in [0.25, 0.3) is 0 Å². The number of nitrogen functional groups attached to an aromatic ring is 1. The second-order valence-electron chi connectivity index (χ2n) is 4.71. The van der Waals surface area contributed by atoms with Gasteiger partial charge in [-0.15, -0.1) is 0 Å². The molecule has 0 saturated heterocycles. The predicted octanol–water partition coefficient (Wildman–Crippen LogP) is 3.39. The van der Waals surface area contributed by atoms with Crippen LogP contribution in [-0.2, 0) is 21.8 Å². The highest BCUT2D eigenvalue weighted by Gasteiger charge is 2.34. The maximum Gasteiger partial charge on any atom is 0.416 e. The maximum atomic E-state index is 12.9. The fourth-order valence-corrected chi connectivity index (χ4v) is 3.38. The molecule has 7 heteroatoms. The summed E-state index contributed by atoms with van der Waals surface area (Å²) in [6, 6.07) is 3.19. The molecule has 0 radical (unpaired) electrons. The van der Waals surface area contributed by atoms with Crippen molar-refractivity contribution in [1.82, 2.24) is 0 Å². The molecule has 0 fully saturated rings. The average Bonchev–Trinajstić information content (AvgIpc) is 2.30. The molecule has 3 nitrogen and oxygen atoms in total. The average molecular weight is 309 g/mol.